The SMILES string of the molecule is C[C@H](CO)N1C[C@H](C)[C@H](CN(C)Cc2ccc(Oc3ccccc3)cc2)Oc2ccc(NC(=O)C3CC3)cc2C1=O. The lowest BCUT2D eigenvalue weighted by atomic mass is 9.99. The van der Waals surface area contributed by atoms with Crippen LogP contribution in [0.15, 0.2) is 72.8 Å². The van der Waals surface area contributed by atoms with Gasteiger partial charge in [0.05, 0.1) is 18.2 Å². The highest BCUT2D eigenvalue weighted by atomic mass is 16.5. The Bertz CT molecular complexity index is 1340. The predicted octanol–water partition coefficient (Wildman–Crippen LogP) is 5.18. The highest BCUT2D eigenvalue weighted by molar-refractivity contribution is 6.00. The smallest absolute Gasteiger partial charge is 0.258 e. The first-order valence-electron chi connectivity index (χ1n) is 14.3. The largest absolute Gasteiger partial charge is 0.488 e. The van der Waals surface area contributed by atoms with E-state index in [0.717, 1.165) is 29.9 Å². The number of para-hydroxylation sites is 1. The van der Waals surface area contributed by atoms with Gasteiger partial charge in [-0.15, -0.1) is 0 Å². The Hall–Kier alpha value is -3.88. The van der Waals surface area contributed by atoms with Crippen molar-refractivity contribution in [3.05, 3.63) is 83.9 Å². The van der Waals surface area contributed by atoms with Gasteiger partial charge in [0.1, 0.15) is 23.4 Å². The Morgan fingerprint density at radius 1 is 1.10 bits per heavy atom. The number of aliphatic hydroxyl groups is 1. The van der Waals surface area contributed by atoms with Crippen molar-refractivity contribution in [1.29, 1.82) is 0 Å². The molecular formula is C33H39N3O5. The number of benzene rings is 3. The van der Waals surface area contributed by atoms with E-state index in [9.17, 15) is 14.7 Å². The molecule has 0 spiro atoms. The van der Waals surface area contributed by atoms with Crippen molar-refractivity contribution in [2.45, 2.75) is 45.4 Å². The van der Waals surface area contributed by atoms with Crippen LogP contribution in [-0.4, -0.2) is 65.6 Å². The molecule has 0 saturated heterocycles. The Labute approximate surface area is 241 Å². The van der Waals surface area contributed by atoms with Crippen molar-refractivity contribution in [1.82, 2.24) is 9.80 Å². The van der Waals surface area contributed by atoms with Gasteiger partial charge in [0.25, 0.3) is 5.91 Å². The first-order valence-corrected chi connectivity index (χ1v) is 14.3. The van der Waals surface area contributed by atoms with Gasteiger partial charge in [0, 0.05) is 37.2 Å². The fourth-order valence-electron chi connectivity index (χ4n) is 5.08. The number of hydrogen-bond donors (Lipinski definition) is 2. The minimum atomic E-state index is -0.351. The predicted molar refractivity (Wildman–Crippen MR) is 158 cm³/mol. The summed E-state index contributed by atoms with van der Waals surface area (Å²) in [7, 11) is 2.06. The number of nitrogens with one attached hydrogen (secondary N) is 1. The third kappa shape index (κ3) is 7.26. The lowest BCUT2D eigenvalue weighted by Gasteiger charge is -2.38. The number of ether oxygens (including phenoxy) is 2. The molecule has 8 heteroatoms. The van der Waals surface area contributed by atoms with Gasteiger partial charge in [-0.25, -0.2) is 0 Å². The Morgan fingerprint density at radius 2 is 1.80 bits per heavy atom. The van der Waals surface area contributed by atoms with Crippen LogP contribution in [0.5, 0.6) is 17.2 Å². The minimum absolute atomic E-state index is 0.0134. The lowest BCUT2D eigenvalue weighted by Crippen LogP contribution is -2.49. The van der Waals surface area contributed by atoms with E-state index in [1.54, 1.807) is 23.1 Å². The quantitative estimate of drug-likeness (QED) is 0.357. The summed E-state index contributed by atoms with van der Waals surface area (Å²) in [5.74, 6) is 1.92. The van der Waals surface area contributed by atoms with Crippen LogP contribution < -0.4 is 14.8 Å². The van der Waals surface area contributed by atoms with E-state index in [1.165, 1.54) is 0 Å². The number of aliphatic hydroxyl groups excluding tert-OH is 1. The molecule has 1 saturated carbocycles. The van der Waals surface area contributed by atoms with Crippen molar-refractivity contribution < 1.29 is 24.2 Å². The van der Waals surface area contributed by atoms with Crippen LogP contribution in [0.1, 0.15) is 42.6 Å². The molecule has 1 heterocycles. The van der Waals surface area contributed by atoms with Crippen LogP contribution in [0, 0.1) is 11.8 Å². The molecule has 3 atom stereocenters. The van der Waals surface area contributed by atoms with E-state index in [4.69, 9.17) is 9.47 Å². The Kier molecular flexibility index (Phi) is 8.90. The van der Waals surface area contributed by atoms with Gasteiger partial charge in [-0.05, 0) is 74.8 Å². The molecule has 0 aromatic heterocycles. The Balaban J connectivity index is 1.30. The topological polar surface area (TPSA) is 91.3 Å². The molecule has 2 amide bonds. The number of rotatable bonds is 10. The number of amides is 2. The third-order valence-corrected chi connectivity index (χ3v) is 7.73. The van der Waals surface area contributed by atoms with Gasteiger partial charge in [-0.3, -0.25) is 14.5 Å². The van der Waals surface area contributed by atoms with Crippen LogP contribution in [0.2, 0.25) is 0 Å². The van der Waals surface area contributed by atoms with E-state index in [0.29, 0.717) is 36.6 Å². The van der Waals surface area contributed by atoms with Gasteiger partial charge in [0.15, 0.2) is 0 Å². The standard InChI is InChI=1S/C33H39N3O5/c1-22-18-36(23(2)21-37)33(39)29-17-26(34-32(38)25-11-12-25)13-16-30(29)41-31(22)20-35(3)19-24-9-14-28(15-10-24)40-27-7-5-4-6-8-27/h4-10,13-17,22-23,25,31,37H,11-12,18-21H2,1-3H3,(H,34,38)/t22-,23+,31-/m0/s1. The lowest BCUT2D eigenvalue weighted by molar-refractivity contribution is -0.117. The number of hydrogen-bond acceptors (Lipinski definition) is 6. The molecule has 216 valence electrons. The van der Waals surface area contributed by atoms with Crippen molar-refractivity contribution >= 4 is 17.5 Å². The van der Waals surface area contributed by atoms with E-state index >= 15 is 0 Å². The summed E-state index contributed by atoms with van der Waals surface area (Å²) in [4.78, 5) is 29.9. The summed E-state index contributed by atoms with van der Waals surface area (Å²) < 4.78 is 12.4. The van der Waals surface area contributed by atoms with E-state index in [-0.39, 0.29) is 42.4 Å². The van der Waals surface area contributed by atoms with Crippen LogP contribution >= 0.6 is 0 Å². The van der Waals surface area contributed by atoms with E-state index in [2.05, 4.69) is 36.3 Å². The molecule has 0 unspecified atom stereocenters. The summed E-state index contributed by atoms with van der Waals surface area (Å²) in [5, 5.41) is 12.9. The summed E-state index contributed by atoms with van der Waals surface area (Å²) in [6.45, 7) is 5.58. The maximum absolute atomic E-state index is 13.6. The minimum Gasteiger partial charge on any atom is -0.488 e. The van der Waals surface area contributed by atoms with Crippen LogP contribution in [0.3, 0.4) is 0 Å². The number of fused-ring (bicyclic) bond motifs is 1. The molecule has 8 nitrogen and oxygen atoms in total. The first-order chi connectivity index (χ1) is 19.8. The molecule has 2 aliphatic rings. The van der Waals surface area contributed by atoms with E-state index < -0.39 is 0 Å². The number of carbonyl (C=O) groups is 2. The van der Waals surface area contributed by atoms with Crippen LogP contribution in [-0.2, 0) is 11.3 Å². The molecule has 3 aromatic carbocycles. The van der Waals surface area contributed by atoms with Gasteiger partial charge in [-0.1, -0.05) is 37.3 Å². The fourth-order valence-corrected chi connectivity index (χ4v) is 5.08. The maximum atomic E-state index is 13.6. The maximum Gasteiger partial charge on any atom is 0.258 e. The fraction of sp³-hybridized carbons (Fsp3) is 0.394. The van der Waals surface area contributed by atoms with Crippen LogP contribution in [0.25, 0.3) is 0 Å². The summed E-state index contributed by atoms with van der Waals surface area (Å²) in [6, 6.07) is 22.7. The monoisotopic (exact) mass is 557 g/mol. The number of anilines is 1. The number of likely N-dealkylation sites (N-methyl/N-ethyl adjacent to an activating group) is 1. The molecule has 0 bridgehead atoms. The van der Waals surface area contributed by atoms with Gasteiger partial charge >= 0.3 is 0 Å². The molecular weight excluding hydrogens is 518 g/mol. The second kappa shape index (κ2) is 12.7. The highest BCUT2D eigenvalue weighted by Gasteiger charge is 2.34. The van der Waals surface area contributed by atoms with Crippen LogP contribution in [0.4, 0.5) is 5.69 Å². The van der Waals surface area contributed by atoms with Gasteiger partial charge < -0.3 is 24.8 Å². The molecule has 5 rings (SSSR count). The molecule has 1 aliphatic carbocycles. The normalized spacial score (nSPS) is 19.5. The zero-order valence-corrected chi connectivity index (χ0v) is 24.0. The zero-order chi connectivity index (χ0) is 28.9. The third-order valence-electron chi connectivity index (χ3n) is 7.73. The molecule has 2 N–H and O–H groups in total. The zero-order valence-electron chi connectivity index (χ0n) is 24.0. The van der Waals surface area contributed by atoms with Gasteiger partial charge in [-0.2, -0.15) is 0 Å². The highest BCUT2D eigenvalue weighted by Crippen LogP contribution is 2.33. The molecule has 0 radical (unpaired) electrons. The van der Waals surface area contributed by atoms with Crippen molar-refractivity contribution in [2.75, 3.05) is 32.1 Å². The van der Waals surface area contributed by atoms with Crippen molar-refractivity contribution in [3.8, 4) is 17.2 Å². The van der Waals surface area contributed by atoms with E-state index in [1.807, 2.05) is 49.4 Å². The Morgan fingerprint density at radius 3 is 2.49 bits per heavy atom. The summed E-state index contributed by atoms with van der Waals surface area (Å²) in [5.41, 5.74) is 2.12. The van der Waals surface area contributed by atoms with Crippen molar-refractivity contribution in [2.24, 2.45) is 11.8 Å². The molecule has 3 aromatic rings. The average Bonchev–Trinajstić information content (AvgIpc) is 3.82. The summed E-state index contributed by atoms with van der Waals surface area (Å²) in [6.07, 6.45) is 1.60. The molecule has 41 heavy (non-hydrogen) atoms. The first kappa shape index (κ1) is 28.6. The number of nitrogens with zero attached hydrogens (tertiary/aromatic N) is 2. The van der Waals surface area contributed by atoms with Crippen molar-refractivity contribution in [3.63, 3.8) is 0 Å². The average molecular weight is 558 g/mol. The number of carbonyl (C=O) groups excluding carboxylic acids is 2. The van der Waals surface area contributed by atoms with Gasteiger partial charge in [0.2, 0.25) is 5.91 Å². The summed E-state index contributed by atoms with van der Waals surface area (Å²) >= 11 is 0. The second-order valence-electron chi connectivity index (χ2n) is 11.4. The second-order valence-corrected chi connectivity index (χ2v) is 11.4. The molecule has 1 aliphatic heterocycles. The molecule has 1 fully saturated rings.